The summed E-state index contributed by atoms with van der Waals surface area (Å²) in [6.45, 7) is 0.942. The lowest BCUT2D eigenvalue weighted by Gasteiger charge is -2.10. The fraction of sp³-hybridized carbons (Fsp3) is 0.250. The summed E-state index contributed by atoms with van der Waals surface area (Å²) in [5.41, 5.74) is 4.58. The highest BCUT2D eigenvalue weighted by molar-refractivity contribution is 5.60. The van der Waals surface area contributed by atoms with E-state index in [9.17, 15) is 0 Å². The van der Waals surface area contributed by atoms with Crippen molar-refractivity contribution < 1.29 is 9.47 Å². The van der Waals surface area contributed by atoms with Crippen LogP contribution in [0.2, 0.25) is 0 Å². The molecule has 1 N–H and O–H groups in total. The van der Waals surface area contributed by atoms with Gasteiger partial charge in [-0.1, -0.05) is 24.3 Å². The van der Waals surface area contributed by atoms with E-state index in [1.807, 2.05) is 41.1 Å². The molecule has 0 saturated heterocycles. The summed E-state index contributed by atoms with van der Waals surface area (Å²) in [4.78, 5) is 0. The molecule has 0 bridgehead atoms. The van der Waals surface area contributed by atoms with Crippen LogP contribution in [-0.4, -0.2) is 30.5 Å². The van der Waals surface area contributed by atoms with Crippen molar-refractivity contribution in [3.05, 3.63) is 65.4 Å². The molecule has 128 valence electrons. The number of fused-ring (bicyclic) bond motifs is 1. The molecule has 0 amide bonds. The minimum absolute atomic E-state index is 0.802. The molecule has 0 spiro atoms. The molecule has 25 heavy (non-hydrogen) atoms. The Morgan fingerprint density at radius 2 is 1.84 bits per heavy atom. The van der Waals surface area contributed by atoms with Crippen LogP contribution in [0.5, 0.6) is 11.5 Å². The average Bonchev–Trinajstić information content (AvgIpc) is 3.26. The van der Waals surface area contributed by atoms with Crippen LogP contribution in [0.15, 0.2) is 48.5 Å². The van der Waals surface area contributed by atoms with Crippen molar-refractivity contribution in [1.82, 2.24) is 9.78 Å². The van der Waals surface area contributed by atoms with Crippen molar-refractivity contribution in [2.75, 3.05) is 26.1 Å². The molecule has 1 aromatic heterocycles. The van der Waals surface area contributed by atoms with E-state index < -0.39 is 0 Å². The maximum atomic E-state index is 5.51. The number of nitrogens with one attached hydrogen (secondary N) is 1. The summed E-state index contributed by atoms with van der Waals surface area (Å²) in [6, 6.07) is 16.1. The fourth-order valence-electron chi connectivity index (χ4n) is 3.30. The second-order valence-electron chi connectivity index (χ2n) is 6.06. The van der Waals surface area contributed by atoms with Gasteiger partial charge in [0.05, 0.1) is 19.9 Å². The first-order chi connectivity index (χ1) is 12.3. The van der Waals surface area contributed by atoms with Crippen LogP contribution < -0.4 is 14.8 Å². The van der Waals surface area contributed by atoms with Gasteiger partial charge in [-0.25, -0.2) is 4.68 Å². The van der Waals surface area contributed by atoms with Gasteiger partial charge in [-0.3, -0.25) is 0 Å². The number of hydrogen-bond donors (Lipinski definition) is 1. The molecule has 2 aromatic carbocycles. The molecule has 0 atom stereocenters. The van der Waals surface area contributed by atoms with E-state index in [1.165, 1.54) is 11.1 Å². The van der Waals surface area contributed by atoms with Crippen molar-refractivity contribution in [2.45, 2.75) is 12.8 Å². The average molecular weight is 335 g/mol. The molecule has 5 nitrogen and oxygen atoms in total. The Morgan fingerprint density at radius 3 is 2.60 bits per heavy atom. The summed E-state index contributed by atoms with van der Waals surface area (Å²) in [6.07, 6.45) is 1.80. The number of ether oxygens (including phenoxy) is 2. The van der Waals surface area contributed by atoms with Gasteiger partial charge in [0.1, 0.15) is 23.0 Å². The van der Waals surface area contributed by atoms with Gasteiger partial charge in [-0.05, 0) is 36.2 Å². The summed E-state index contributed by atoms with van der Waals surface area (Å²) >= 11 is 0. The van der Waals surface area contributed by atoms with Crippen LogP contribution in [0.3, 0.4) is 0 Å². The van der Waals surface area contributed by atoms with Crippen molar-refractivity contribution in [3.8, 4) is 17.2 Å². The second kappa shape index (κ2) is 6.51. The first-order valence-corrected chi connectivity index (χ1v) is 8.41. The van der Waals surface area contributed by atoms with Crippen molar-refractivity contribution in [2.24, 2.45) is 0 Å². The minimum atomic E-state index is 0.802. The Bertz CT molecular complexity index is 884. The molecule has 1 aliphatic heterocycles. The van der Waals surface area contributed by atoms with E-state index in [2.05, 4.69) is 17.4 Å². The molecule has 4 rings (SSSR count). The van der Waals surface area contributed by atoms with Crippen LogP contribution in [-0.2, 0) is 12.8 Å². The Hall–Kier alpha value is -2.95. The predicted octanol–water partition coefficient (Wildman–Crippen LogP) is 3.45. The molecule has 5 heteroatoms. The molecule has 3 aromatic rings. The molecule has 0 saturated carbocycles. The van der Waals surface area contributed by atoms with Crippen LogP contribution in [0.4, 0.5) is 5.82 Å². The maximum Gasteiger partial charge on any atom is 0.144 e. The molecule has 2 heterocycles. The van der Waals surface area contributed by atoms with E-state index in [1.54, 1.807) is 14.2 Å². The fourth-order valence-corrected chi connectivity index (χ4v) is 3.30. The molecule has 1 aliphatic rings. The quantitative estimate of drug-likeness (QED) is 0.776. The first kappa shape index (κ1) is 15.6. The molecule has 0 fully saturated rings. The summed E-state index contributed by atoms with van der Waals surface area (Å²) in [7, 11) is 3.37. The second-order valence-corrected chi connectivity index (χ2v) is 6.06. The Balaban J connectivity index is 1.72. The van der Waals surface area contributed by atoms with Gasteiger partial charge in [0.15, 0.2) is 0 Å². The van der Waals surface area contributed by atoms with Crippen LogP contribution >= 0.6 is 0 Å². The summed E-state index contributed by atoms with van der Waals surface area (Å²) in [5.74, 6) is 2.76. The molecular formula is C20H21N3O2. The minimum Gasteiger partial charge on any atom is -0.497 e. The van der Waals surface area contributed by atoms with Gasteiger partial charge in [-0.15, -0.1) is 0 Å². The van der Waals surface area contributed by atoms with Crippen LogP contribution in [0.1, 0.15) is 16.8 Å². The number of hydrogen-bond acceptors (Lipinski definition) is 4. The Kier molecular flexibility index (Phi) is 4.06. The van der Waals surface area contributed by atoms with E-state index in [0.717, 1.165) is 48.1 Å². The third-order valence-corrected chi connectivity index (χ3v) is 4.58. The van der Waals surface area contributed by atoms with Gasteiger partial charge in [0.25, 0.3) is 0 Å². The number of methoxy groups -OCH3 is 2. The topological polar surface area (TPSA) is 48.3 Å². The van der Waals surface area contributed by atoms with Gasteiger partial charge in [0.2, 0.25) is 0 Å². The largest absolute Gasteiger partial charge is 0.497 e. The van der Waals surface area contributed by atoms with Crippen molar-refractivity contribution in [3.63, 3.8) is 0 Å². The Labute approximate surface area is 147 Å². The zero-order chi connectivity index (χ0) is 17.2. The Morgan fingerprint density at radius 1 is 1.04 bits per heavy atom. The number of benzene rings is 2. The lowest BCUT2D eigenvalue weighted by molar-refractivity contribution is 0.412. The SMILES string of the molecule is COc1ccc(Cc2nn(-c3ccccc3OC)c3c2CCN3)cc1. The van der Waals surface area contributed by atoms with Crippen molar-refractivity contribution >= 4 is 5.82 Å². The van der Waals surface area contributed by atoms with Crippen molar-refractivity contribution in [1.29, 1.82) is 0 Å². The van der Waals surface area contributed by atoms with Gasteiger partial charge in [0, 0.05) is 18.5 Å². The highest BCUT2D eigenvalue weighted by atomic mass is 16.5. The molecular weight excluding hydrogens is 314 g/mol. The van der Waals surface area contributed by atoms with Gasteiger partial charge in [-0.2, -0.15) is 5.10 Å². The zero-order valence-corrected chi connectivity index (χ0v) is 14.5. The third-order valence-electron chi connectivity index (χ3n) is 4.58. The highest BCUT2D eigenvalue weighted by Gasteiger charge is 2.24. The summed E-state index contributed by atoms with van der Waals surface area (Å²) in [5, 5.41) is 8.36. The standard InChI is InChI=1S/C20H21N3O2/c1-24-15-9-7-14(8-10-15)13-17-16-11-12-21-20(16)23(22-17)18-5-3-4-6-19(18)25-2/h3-10,21H,11-13H2,1-2H3. The number of anilines is 1. The number of aromatic nitrogens is 2. The normalized spacial score (nSPS) is 12.6. The van der Waals surface area contributed by atoms with Crippen LogP contribution in [0.25, 0.3) is 5.69 Å². The maximum absolute atomic E-state index is 5.51. The molecule has 0 aliphatic carbocycles. The van der Waals surface area contributed by atoms with E-state index in [-0.39, 0.29) is 0 Å². The lowest BCUT2D eigenvalue weighted by Crippen LogP contribution is -2.06. The monoisotopic (exact) mass is 335 g/mol. The third kappa shape index (κ3) is 2.82. The molecule has 0 radical (unpaired) electrons. The van der Waals surface area contributed by atoms with E-state index in [4.69, 9.17) is 14.6 Å². The smallest absolute Gasteiger partial charge is 0.144 e. The number of nitrogens with zero attached hydrogens (tertiary/aromatic N) is 2. The van der Waals surface area contributed by atoms with Crippen LogP contribution in [0, 0.1) is 0 Å². The zero-order valence-electron chi connectivity index (χ0n) is 14.5. The predicted molar refractivity (Wildman–Crippen MR) is 98.1 cm³/mol. The first-order valence-electron chi connectivity index (χ1n) is 8.41. The molecule has 0 unspecified atom stereocenters. The highest BCUT2D eigenvalue weighted by Crippen LogP contribution is 2.33. The van der Waals surface area contributed by atoms with E-state index >= 15 is 0 Å². The van der Waals surface area contributed by atoms with E-state index in [0.29, 0.717) is 0 Å². The van der Waals surface area contributed by atoms with Gasteiger partial charge < -0.3 is 14.8 Å². The summed E-state index contributed by atoms with van der Waals surface area (Å²) < 4.78 is 12.7. The number of rotatable bonds is 5. The lowest BCUT2D eigenvalue weighted by atomic mass is 10.1. The van der Waals surface area contributed by atoms with Gasteiger partial charge >= 0.3 is 0 Å². The number of para-hydroxylation sites is 2.